The number of allylic oxidation sites excluding steroid dienone is 2. The molecule has 3 amide bonds. The van der Waals surface area contributed by atoms with Crippen LogP contribution in [0.3, 0.4) is 0 Å². The first-order chi connectivity index (χ1) is 13.5. The van der Waals surface area contributed by atoms with Gasteiger partial charge in [-0.2, -0.15) is 0 Å². The number of carbonyl (C=O) groups excluding carboxylic acids is 3. The fourth-order valence-corrected chi connectivity index (χ4v) is 5.41. The van der Waals surface area contributed by atoms with Crippen molar-refractivity contribution in [3.05, 3.63) is 30.4 Å². The third-order valence-corrected chi connectivity index (χ3v) is 6.74. The molecule has 0 unspecified atom stereocenters. The topological polar surface area (TPSA) is 84.9 Å². The maximum atomic E-state index is 12.9. The van der Waals surface area contributed by atoms with Crippen molar-refractivity contribution in [1.82, 2.24) is 4.90 Å². The van der Waals surface area contributed by atoms with E-state index in [1.165, 1.54) is 7.11 Å². The molecule has 6 atom stereocenters. The Labute approximate surface area is 162 Å². The van der Waals surface area contributed by atoms with E-state index in [0.29, 0.717) is 29.0 Å². The molecule has 0 spiro atoms. The summed E-state index contributed by atoms with van der Waals surface area (Å²) in [6, 6.07) is 5.03. The number of nitrogens with zero attached hydrogens (tertiary/aromatic N) is 1. The monoisotopic (exact) mass is 382 g/mol. The Kier molecular flexibility index (Phi) is 3.76. The molecule has 1 heterocycles. The van der Waals surface area contributed by atoms with Gasteiger partial charge in [-0.25, -0.2) is 0 Å². The van der Waals surface area contributed by atoms with Gasteiger partial charge < -0.3 is 14.8 Å². The van der Waals surface area contributed by atoms with Gasteiger partial charge in [0.05, 0.1) is 31.7 Å². The number of rotatable bonds is 5. The number of methoxy groups -OCH3 is 2. The minimum atomic E-state index is -0.422. The molecule has 2 saturated carbocycles. The summed E-state index contributed by atoms with van der Waals surface area (Å²) >= 11 is 0. The van der Waals surface area contributed by atoms with Crippen molar-refractivity contribution in [1.29, 1.82) is 0 Å². The lowest BCUT2D eigenvalue weighted by Crippen LogP contribution is -2.40. The summed E-state index contributed by atoms with van der Waals surface area (Å²) in [5.41, 5.74) is 0.466. The van der Waals surface area contributed by atoms with Crippen LogP contribution in [0.15, 0.2) is 30.4 Å². The lowest BCUT2D eigenvalue weighted by atomic mass is 9.63. The number of ether oxygens (including phenoxy) is 2. The zero-order chi connectivity index (χ0) is 19.6. The number of hydrogen-bond acceptors (Lipinski definition) is 5. The van der Waals surface area contributed by atoms with Crippen LogP contribution in [0.4, 0.5) is 5.69 Å². The van der Waals surface area contributed by atoms with Crippen LogP contribution in [0.2, 0.25) is 0 Å². The molecule has 146 valence electrons. The second kappa shape index (κ2) is 6.09. The molecule has 28 heavy (non-hydrogen) atoms. The van der Waals surface area contributed by atoms with Gasteiger partial charge in [0.1, 0.15) is 18.0 Å². The number of nitrogens with one attached hydrogen (secondary N) is 1. The van der Waals surface area contributed by atoms with E-state index in [0.717, 1.165) is 11.3 Å². The average molecular weight is 382 g/mol. The Bertz CT molecular complexity index is 874. The Hall–Kier alpha value is -2.83. The van der Waals surface area contributed by atoms with E-state index >= 15 is 0 Å². The van der Waals surface area contributed by atoms with Crippen LogP contribution in [-0.4, -0.2) is 43.4 Å². The van der Waals surface area contributed by atoms with Gasteiger partial charge in [0.25, 0.3) is 0 Å². The predicted molar refractivity (Wildman–Crippen MR) is 99.6 cm³/mol. The zero-order valence-electron chi connectivity index (χ0n) is 15.8. The number of benzene rings is 1. The van der Waals surface area contributed by atoms with Gasteiger partial charge in [-0.05, 0) is 42.2 Å². The summed E-state index contributed by atoms with van der Waals surface area (Å²) in [6.45, 7) is -0.269. The Morgan fingerprint density at radius 1 is 1.07 bits per heavy atom. The van der Waals surface area contributed by atoms with E-state index in [9.17, 15) is 14.4 Å². The molecule has 0 aromatic heterocycles. The van der Waals surface area contributed by atoms with Crippen molar-refractivity contribution in [2.24, 2.45) is 35.5 Å². The van der Waals surface area contributed by atoms with Gasteiger partial charge in [-0.15, -0.1) is 0 Å². The molecule has 7 heteroatoms. The number of likely N-dealkylation sites (tertiary alicyclic amines) is 1. The quantitative estimate of drug-likeness (QED) is 0.619. The standard InChI is InChI=1S/C21H22N2O5/c1-27-10-3-6-15(16(7-10)28-2)22-17(24)9-23-20(25)18-11-4-5-12(14-8-13(11)14)19(18)21(23)26/h3-7,11-14,18-19H,8-9H2,1-2H3,(H,22,24)/t11-,12-,13-,14-,18-,19+/m1/s1. The first-order valence-electron chi connectivity index (χ1n) is 9.59. The van der Waals surface area contributed by atoms with Crippen molar-refractivity contribution in [3.63, 3.8) is 0 Å². The lowest BCUT2D eigenvalue weighted by molar-refractivity contribution is -0.142. The summed E-state index contributed by atoms with van der Waals surface area (Å²) in [7, 11) is 3.04. The molecule has 1 aromatic rings. The van der Waals surface area contributed by atoms with Gasteiger partial charge in [0, 0.05) is 6.07 Å². The Morgan fingerprint density at radius 2 is 1.71 bits per heavy atom. The minimum absolute atomic E-state index is 0.159. The third kappa shape index (κ3) is 2.38. The van der Waals surface area contributed by atoms with E-state index in [2.05, 4.69) is 17.5 Å². The number of imide groups is 1. The molecular formula is C21H22N2O5. The number of carbonyl (C=O) groups is 3. The molecule has 1 saturated heterocycles. The fourth-order valence-electron chi connectivity index (χ4n) is 5.41. The molecule has 6 rings (SSSR count). The van der Waals surface area contributed by atoms with Crippen molar-refractivity contribution >= 4 is 23.4 Å². The minimum Gasteiger partial charge on any atom is -0.497 e. The van der Waals surface area contributed by atoms with Crippen LogP contribution in [0, 0.1) is 35.5 Å². The first kappa shape index (κ1) is 17.3. The van der Waals surface area contributed by atoms with Crippen molar-refractivity contribution < 1.29 is 23.9 Å². The van der Waals surface area contributed by atoms with Gasteiger partial charge >= 0.3 is 0 Å². The maximum absolute atomic E-state index is 12.9. The molecule has 7 nitrogen and oxygen atoms in total. The number of amides is 3. The summed E-state index contributed by atoms with van der Waals surface area (Å²) < 4.78 is 10.4. The van der Waals surface area contributed by atoms with Crippen LogP contribution in [0.25, 0.3) is 0 Å². The summed E-state index contributed by atoms with van der Waals surface area (Å²) in [5, 5.41) is 2.74. The second-order valence-corrected chi connectivity index (χ2v) is 8.03. The average Bonchev–Trinajstić information content (AvgIpc) is 3.49. The summed E-state index contributed by atoms with van der Waals surface area (Å²) in [6.07, 6.45) is 5.36. The normalized spacial score (nSPS) is 34.1. The first-order valence-corrected chi connectivity index (χ1v) is 9.59. The van der Waals surface area contributed by atoms with E-state index in [1.807, 2.05) is 0 Å². The molecule has 1 N–H and O–H groups in total. The fraction of sp³-hybridized carbons (Fsp3) is 0.476. The second-order valence-electron chi connectivity index (χ2n) is 8.03. The zero-order valence-corrected chi connectivity index (χ0v) is 15.8. The van der Waals surface area contributed by atoms with Crippen LogP contribution in [0.5, 0.6) is 11.5 Å². The molecule has 1 aliphatic heterocycles. The van der Waals surface area contributed by atoms with E-state index < -0.39 is 5.91 Å². The third-order valence-electron chi connectivity index (χ3n) is 6.74. The number of hydrogen-bond donors (Lipinski definition) is 1. The van der Waals surface area contributed by atoms with Gasteiger partial charge in [0.2, 0.25) is 17.7 Å². The molecule has 0 radical (unpaired) electrons. The largest absolute Gasteiger partial charge is 0.497 e. The van der Waals surface area contributed by atoms with Crippen molar-refractivity contribution in [3.8, 4) is 11.5 Å². The van der Waals surface area contributed by atoms with Gasteiger partial charge in [-0.1, -0.05) is 12.2 Å². The van der Waals surface area contributed by atoms with Crippen molar-refractivity contribution in [2.45, 2.75) is 6.42 Å². The molecule has 5 aliphatic rings. The molecule has 1 aromatic carbocycles. The molecular weight excluding hydrogens is 360 g/mol. The Balaban J connectivity index is 1.31. The molecule has 2 bridgehead atoms. The summed E-state index contributed by atoms with van der Waals surface area (Å²) in [4.78, 5) is 39.6. The highest BCUT2D eigenvalue weighted by molar-refractivity contribution is 6.09. The highest BCUT2D eigenvalue weighted by Gasteiger charge is 2.67. The highest BCUT2D eigenvalue weighted by atomic mass is 16.5. The Morgan fingerprint density at radius 3 is 2.29 bits per heavy atom. The lowest BCUT2D eigenvalue weighted by Gasteiger charge is -2.37. The summed E-state index contributed by atoms with van der Waals surface area (Å²) in [5.74, 6) is 1.08. The van der Waals surface area contributed by atoms with Crippen LogP contribution in [-0.2, 0) is 14.4 Å². The van der Waals surface area contributed by atoms with E-state index in [4.69, 9.17) is 9.47 Å². The van der Waals surface area contributed by atoms with Gasteiger partial charge in [0.15, 0.2) is 0 Å². The molecule has 4 aliphatic carbocycles. The highest BCUT2D eigenvalue weighted by Crippen LogP contribution is 2.65. The van der Waals surface area contributed by atoms with Crippen molar-refractivity contribution in [2.75, 3.05) is 26.1 Å². The van der Waals surface area contributed by atoms with Crippen LogP contribution in [0.1, 0.15) is 6.42 Å². The maximum Gasteiger partial charge on any atom is 0.244 e. The SMILES string of the molecule is COc1ccc(NC(=O)CN2C(=O)[C@@H]3[C@@H]4C=C[C@H]([C@H]5C[C@H]45)[C@@H]3C2=O)c(OC)c1. The van der Waals surface area contributed by atoms with Gasteiger partial charge in [-0.3, -0.25) is 19.3 Å². The van der Waals surface area contributed by atoms with Crippen LogP contribution < -0.4 is 14.8 Å². The predicted octanol–water partition coefficient (Wildman–Crippen LogP) is 1.70. The smallest absolute Gasteiger partial charge is 0.244 e. The van der Waals surface area contributed by atoms with E-state index in [1.54, 1.807) is 25.3 Å². The van der Waals surface area contributed by atoms with Crippen LogP contribution >= 0.6 is 0 Å². The molecule has 3 fully saturated rings. The number of anilines is 1. The van der Waals surface area contributed by atoms with E-state index in [-0.39, 0.29) is 42.0 Å².